The average Bonchev–Trinajstić information content (AvgIpc) is 2.91. The molecule has 0 radical (unpaired) electrons. The number of nitrogens with zero attached hydrogens (tertiary/aromatic N) is 2. The van der Waals surface area contributed by atoms with Gasteiger partial charge in [0.2, 0.25) is 0 Å². The molecule has 0 saturated carbocycles. The Kier molecular flexibility index (Phi) is 7.33. The molecule has 0 saturated heterocycles. The highest BCUT2D eigenvalue weighted by Gasteiger charge is 2.23. The maximum absolute atomic E-state index is 12.3. The molecule has 0 heterocycles. The molecule has 6 N–H and O–H groups in total. The first-order valence-corrected chi connectivity index (χ1v) is 16.1. The number of fused-ring (bicyclic) bond motifs is 2. The fourth-order valence-corrected chi connectivity index (χ4v) is 6.22. The molecule has 0 fully saturated rings. The minimum atomic E-state index is -4.91. The number of azo groups is 1. The average molecular weight is 646 g/mol. The van der Waals surface area contributed by atoms with Crippen molar-refractivity contribution in [2.24, 2.45) is 10.2 Å². The maximum atomic E-state index is 12.3. The summed E-state index contributed by atoms with van der Waals surface area (Å²) in [5, 5.41) is 31.8. The lowest BCUT2D eigenvalue weighted by Gasteiger charge is -2.15. The lowest BCUT2D eigenvalue weighted by Crippen LogP contribution is -2.01. The van der Waals surface area contributed by atoms with Crippen LogP contribution in [0.4, 0.5) is 22.7 Å². The second-order valence-corrected chi connectivity index (χ2v) is 13.3. The van der Waals surface area contributed by atoms with Gasteiger partial charge in [0.15, 0.2) is 0 Å². The predicted molar refractivity (Wildman–Crippen MR) is 155 cm³/mol. The summed E-state index contributed by atoms with van der Waals surface area (Å²) in [6.07, 6.45) is 0. The fourth-order valence-electron chi connectivity index (χ4n) is 4.41. The maximum Gasteiger partial charge on any atom is 0.295 e. The number of anilines is 2. The van der Waals surface area contributed by atoms with E-state index in [1.165, 1.54) is 12.1 Å². The molecule has 0 spiro atoms. The van der Waals surface area contributed by atoms with Crippen molar-refractivity contribution in [2.75, 3.05) is 5.32 Å². The summed E-state index contributed by atoms with van der Waals surface area (Å²) < 4.78 is 101. The van der Waals surface area contributed by atoms with E-state index in [1.807, 2.05) is 0 Å². The second kappa shape index (κ2) is 10.6. The molecule has 5 rings (SSSR count). The van der Waals surface area contributed by atoms with Crippen molar-refractivity contribution in [3.8, 4) is 11.5 Å². The monoisotopic (exact) mass is 645 g/mol. The number of nitrogens with one attached hydrogen (secondary N) is 1. The molecule has 0 bridgehead atoms. The van der Waals surface area contributed by atoms with Crippen LogP contribution < -0.4 is 5.32 Å². The van der Waals surface area contributed by atoms with Gasteiger partial charge in [0.1, 0.15) is 22.1 Å². The Morgan fingerprint density at radius 2 is 1.23 bits per heavy atom. The number of para-hydroxylation sites is 1. The molecular formula is C26H19N3O11S3. The van der Waals surface area contributed by atoms with Crippen LogP contribution in [0.25, 0.3) is 21.5 Å². The first-order valence-electron chi connectivity index (χ1n) is 11.8. The van der Waals surface area contributed by atoms with Crippen molar-refractivity contribution in [3.05, 3.63) is 78.9 Å². The first kappa shape index (κ1) is 29.8. The quantitative estimate of drug-likeness (QED) is 0.0975. The Morgan fingerprint density at radius 1 is 0.605 bits per heavy atom. The van der Waals surface area contributed by atoms with Gasteiger partial charge in [-0.2, -0.15) is 25.3 Å². The molecule has 14 nitrogen and oxygen atoms in total. The van der Waals surface area contributed by atoms with E-state index in [-0.39, 0.29) is 32.9 Å². The van der Waals surface area contributed by atoms with Crippen LogP contribution in [0, 0.1) is 0 Å². The van der Waals surface area contributed by atoms with Crippen molar-refractivity contribution in [2.45, 2.75) is 14.7 Å². The van der Waals surface area contributed by atoms with Crippen molar-refractivity contribution in [1.82, 2.24) is 0 Å². The summed E-state index contributed by atoms with van der Waals surface area (Å²) in [4.78, 5) is -2.09. The van der Waals surface area contributed by atoms with Gasteiger partial charge in [0.05, 0.1) is 26.6 Å². The molecule has 0 amide bonds. The number of benzene rings is 5. The Labute approximate surface area is 243 Å². The number of phenols is 2. The number of phenolic OH excluding ortho intramolecular Hbond substituents is 2. The smallest absolute Gasteiger partial charge is 0.295 e. The van der Waals surface area contributed by atoms with Gasteiger partial charge in [-0.05, 0) is 41.8 Å². The van der Waals surface area contributed by atoms with Gasteiger partial charge in [-0.3, -0.25) is 13.7 Å². The van der Waals surface area contributed by atoms with Crippen LogP contribution in [0.5, 0.6) is 11.5 Å². The van der Waals surface area contributed by atoms with Gasteiger partial charge in [-0.1, -0.05) is 30.3 Å². The molecule has 0 atom stereocenters. The van der Waals surface area contributed by atoms with Crippen LogP contribution in [-0.4, -0.2) is 49.1 Å². The van der Waals surface area contributed by atoms with E-state index in [4.69, 9.17) is 0 Å². The molecule has 5 aromatic rings. The molecule has 0 aromatic heterocycles. The van der Waals surface area contributed by atoms with Crippen molar-refractivity contribution < 1.29 is 49.1 Å². The van der Waals surface area contributed by atoms with Crippen LogP contribution >= 0.6 is 0 Å². The summed E-state index contributed by atoms with van der Waals surface area (Å²) >= 11 is 0. The number of rotatable bonds is 7. The Bertz CT molecular complexity index is 2300. The van der Waals surface area contributed by atoms with Gasteiger partial charge in [-0.15, -0.1) is 10.2 Å². The zero-order valence-electron chi connectivity index (χ0n) is 21.3. The lowest BCUT2D eigenvalue weighted by atomic mass is 10.1. The van der Waals surface area contributed by atoms with E-state index in [2.05, 4.69) is 15.5 Å². The van der Waals surface area contributed by atoms with Crippen LogP contribution in [-0.2, 0) is 30.4 Å². The van der Waals surface area contributed by atoms with E-state index >= 15 is 0 Å². The van der Waals surface area contributed by atoms with Gasteiger partial charge in [-0.25, -0.2) is 0 Å². The second-order valence-electron chi connectivity index (χ2n) is 9.07. The Balaban J connectivity index is 1.79. The fraction of sp³-hybridized carbons (Fsp3) is 0. The molecule has 0 aliphatic heterocycles. The zero-order valence-corrected chi connectivity index (χ0v) is 23.8. The zero-order chi connectivity index (χ0) is 31.3. The Morgan fingerprint density at radius 3 is 1.84 bits per heavy atom. The highest BCUT2D eigenvalue weighted by molar-refractivity contribution is 7.86. The van der Waals surface area contributed by atoms with E-state index in [9.17, 15) is 49.1 Å². The number of hydrogen-bond donors (Lipinski definition) is 6. The van der Waals surface area contributed by atoms with Crippen LogP contribution in [0.15, 0.2) is 104 Å². The molecule has 5 aromatic carbocycles. The van der Waals surface area contributed by atoms with Gasteiger partial charge >= 0.3 is 0 Å². The molecule has 43 heavy (non-hydrogen) atoms. The molecule has 17 heteroatoms. The topological polar surface area (TPSA) is 240 Å². The minimum absolute atomic E-state index is 0.0228. The van der Waals surface area contributed by atoms with Gasteiger partial charge in [0.25, 0.3) is 30.4 Å². The van der Waals surface area contributed by atoms with Crippen molar-refractivity contribution in [3.63, 3.8) is 0 Å². The summed E-state index contributed by atoms with van der Waals surface area (Å²) in [6.45, 7) is 0. The highest BCUT2D eigenvalue weighted by atomic mass is 32.2. The minimum Gasteiger partial charge on any atom is -0.507 e. The Hall–Kier alpha value is -4.65. The lowest BCUT2D eigenvalue weighted by molar-refractivity contribution is 0.470. The molecular weight excluding hydrogens is 626 g/mol. The predicted octanol–water partition coefficient (Wildman–Crippen LogP) is 5.30. The SMILES string of the molecule is O=S(=O)(O)c1cc(O)c2c(N=Nc3c(O)cc(Nc4ccccc4)c4c(S(=O)(=O)O)cccc34)cc(S(=O)(=O)O)cc2c1. The summed E-state index contributed by atoms with van der Waals surface area (Å²) in [7, 11) is -14.6. The largest absolute Gasteiger partial charge is 0.507 e. The van der Waals surface area contributed by atoms with E-state index < -0.39 is 62.2 Å². The van der Waals surface area contributed by atoms with Gasteiger partial charge in [0, 0.05) is 28.6 Å². The van der Waals surface area contributed by atoms with E-state index in [0.717, 1.165) is 30.3 Å². The molecule has 0 aliphatic rings. The third kappa shape index (κ3) is 5.98. The third-order valence-corrected chi connectivity index (χ3v) is 8.77. The normalized spacial score (nSPS) is 12.7. The summed E-state index contributed by atoms with van der Waals surface area (Å²) in [5.74, 6) is -1.29. The number of aromatic hydroxyl groups is 2. The van der Waals surface area contributed by atoms with Crippen molar-refractivity contribution >= 4 is 74.6 Å². The standard InChI is InChI=1S/C26H19N3O11S3/c30-21-12-17(42(35,36)37)10-14-9-16(41(32,33)34)11-20(24(14)21)28-29-26-18-7-4-8-23(43(38,39)40)25(18)19(13-22(26)31)27-15-5-2-1-3-6-15/h1-13,27,30-31H,(H,32,33,34)(H,35,36,37)(H,38,39,40). The van der Waals surface area contributed by atoms with Crippen LogP contribution in [0.1, 0.15) is 0 Å². The number of hydrogen-bond acceptors (Lipinski definition) is 11. The van der Waals surface area contributed by atoms with Crippen LogP contribution in [0.2, 0.25) is 0 Å². The molecule has 222 valence electrons. The van der Waals surface area contributed by atoms with Crippen molar-refractivity contribution in [1.29, 1.82) is 0 Å². The third-order valence-electron chi connectivity index (χ3n) is 6.21. The summed E-state index contributed by atoms with van der Waals surface area (Å²) in [5.41, 5.74) is -0.177. The van der Waals surface area contributed by atoms with E-state index in [0.29, 0.717) is 11.8 Å². The van der Waals surface area contributed by atoms with E-state index in [1.54, 1.807) is 30.3 Å². The van der Waals surface area contributed by atoms with Crippen LogP contribution in [0.3, 0.4) is 0 Å². The first-order chi connectivity index (χ1) is 20.0. The van der Waals surface area contributed by atoms with Gasteiger partial charge < -0.3 is 15.5 Å². The summed E-state index contributed by atoms with van der Waals surface area (Å²) in [6, 6.07) is 16.5. The molecule has 0 aliphatic carbocycles. The molecule has 0 unspecified atom stereocenters. The highest BCUT2D eigenvalue weighted by Crippen LogP contribution is 2.45.